The van der Waals surface area contributed by atoms with Gasteiger partial charge in [-0.05, 0) is 36.8 Å². The molecule has 1 aromatic heterocycles. The third kappa shape index (κ3) is 4.07. The van der Waals surface area contributed by atoms with Gasteiger partial charge in [0.1, 0.15) is 5.69 Å². The Morgan fingerprint density at radius 2 is 1.71 bits per heavy atom. The summed E-state index contributed by atoms with van der Waals surface area (Å²) in [6, 6.07) is 29.1. The van der Waals surface area contributed by atoms with Crippen molar-refractivity contribution < 1.29 is 9.47 Å². The van der Waals surface area contributed by atoms with Crippen LogP contribution in [0.5, 0.6) is 5.88 Å². The van der Waals surface area contributed by atoms with Gasteiger partial charge in [0.05, 0.1) is 35.4 Å². The Morgan fingerprint density at radius 1 is 1.06 bits per heavy atom. The normalized spacial score (nSPS) is 14.6. The van der Waals surface area contributed by atoms with Gasteiger partial charge in [-0.2, -0.15) is 15.0 Å². The maximum atomic E-state index is 10.3. The number of nitrogens with zero attached hydrogens (tertiary/aromatic N) is 3. The van der Waals surface area contributed by atoms with Gasteiger partial charge in [0.15, 0.2) is 0 Å². The minimum Gasteiger partial charge on any atom is -0.476 e. The van der Waals surface area contributed by atoms with Crippen molar-refractivity contribution in [2.45, 2.75) is 12.8 Å². The number of hydrogen-bond acceptors (Lipinski definition) is 5. The maximum Gasteiger partial charge on any atom is 0.251 e. The maximum absolute atomic E-state index is 10.3. The van der Waals surface area contributed by atoms with E-state index in [1.165, 1.54) is 0 Å². The van der Waals surface area contributed by atoms with E-state index in [1.807, 2.05) is 72.8 Å². The van der Waals surface area contributed by atoms with Crippen LogP contribution in [-0.2, 0) is 4.74 Å². The fourth-order valence-electron chi connectivity index (χ4n) is 4.24. The summed E-state index contributed by atoms with van der Waals surface area (Å²) < 4.78 is 13.5. The summed E-state index contributed by atoms with van der Waals surface area (Å²) >= 11 is 6.18. The van der Waals surface area contributed by atoms with Gasteiger partial charge in [-0.25, -0.2) is 0 Å². The van der Waals surface area contributed by atoms with Crippen molar-refractivity contribution in [2.24, 2.45) is 0 Å². The van der Waals surface area contributed by atoms with E-state index < -0.39 is 5.92 Å². The molecule has 35 heavy (non-hydrogen) atoms. The second-order valence-electron chi connectivity index (χ2n) is 7.88. The summed E-state index contributed by atoms with van der Waals surface area (Å²) in [5.74, 6) is -0.216. The van der Waals surface area contributed by atoms with Crippen LogP contribution in [0, 0.1) is 16.7 Å². The SMILES string of the molecule is CCOC(=N)C1=C(C#N)C(c2ccc(Cl)cc2)c2c(-c3ccccc3)nn(-c3ccccc3)c2O1. The van der Waals surface area contributed by atoms with Gasteiger partial charge in [0.2, 0.25) is 11.6 Å². The number of nitrogens with one attached hydrogen (secondary N) is 1. The van der Waals surface area contributed by atoms with Crippen molar-refractivity contribution in [1.82, 2.24) is 9.78 Å². The molecule has 0 bridgehead atoms. The van der Waals surface area contributed by atoms with Crippen LogP contribution in [-0.4, -0.2) is 22.3 Å². The molecule has 0 aliphatic carbocycles. The first kappa shape index (κ1) is 22.5. The van der Waals surface area contributed by atoms with Crippen molar-refractivity contribution in [2.75, 3.05) is 6.61 Å². The molecule has 1 atom stereocenters. The average Bonchev–Trinajstić information content (AvgIpc) is 3.28. The molecule has 6 nitrogen and oxygen atoms in total. The fourth-order valence-corrected chi connectivity index (χ4v) is 4.36. The molecule has 0 amide bonds. The lowest BCUT2D eigenvalue weighted by molar-refractivity contribution is 0.294. The summed E-state index contributed by atoms with van der Waals surface area (Å²) in [7, 11) is 0. The molecule has 1 aliphatic heterocycles. The zero-order chi connectivity index (χ0) is 24.4. The predicted octanol–water partition coefficient (Wildman–Crippen LogP) is 6.51. The Morgan fingerprint density at radius 3 is 2.34 bits per heavy atom. The zero-order valence-electron chi connectivity index (χ0n) is 18.9. The summed E-state index contributed by atoms with van der Waals surface area (Å²) in [4.78, 5) is 0. The van der Waals surface area contributed by atoms with Gasteiger partial charge in [0.25, 0.3) is 5.90 Å². The number of ether oxygens (including phenoxy) is 2. The first-order valence-electron chi connectivity index (χ1n) is 11.2. The fraction of sp³-hybridized carbons (Fsp3) is 0.107. The van der Waals surface area contributed by atoms with Crippen LogP contribution in [0.2, 0.25) is 5.02 Å². The number of allylic oxidation sites excluding steroid dienone is 1. The standard InChI is InChI=1S/C28H21ClN4O2/c1-2-34-27(31)26-22(17-30)23(18-13-15-20(29)16-14-18)24-25(19-9-5-3-6-10-19)32-33(28(24)35-26)21-11-7-4-8-12-21/h3-16,23,31H,2H2,1H3. The highest BCUT2D eigenvalue weighted by molar-refractivity contribution is 6.30. The second kappa shape index (κ2) is 9.49. The molecule has 3 aromatic carbocycles. The lowest BCUT2D eigenvalue weighted by atomic mass is 9.82. The summed E-state index contributed by atoms with van der Waals surface area (Å²) in [6.45, 7) is 2.06. The lowest BCUT2D eigenvalue weighted by Crippen LogP contribution is -2.23. The van der Waals surface area contributed by atoms with Gasteiger partial charge in [-0.15, -0.1) is 0 Å². The highest BCUT2D eigenvalue weighted by Gasteiger charge is 2.39. The van der Waals surface area contributed by atoms with E-state index >= 15 is 0 Å². The van der Waals surface area contributed by atoms with Gasteiger partial charge >= 0.3 is 0 Å². The minimum absolute atomic E-state index is 0.0819. The van der Waals surface area contributed by atoms with Crippen LogP contribution >= 0.6 is 11.6 Å². The quantitative estimate of drug-likeness (QED) is 0.261. The second-order valence-corrected chi connectivity index (χ2v) is 8.32. The largest absolute Gasteiger partial charge is 0.476 e. The molecule has 1 aliphatic rings. The first-order valence-corrected chi connectivity index (χ1v) is 11.5. The third-order valence-corrected chi connectivity index (χ3v) is 6.02. The number of benzene rings is 3. The number of nitriles is 1. The van der Waals surface area contributed by atoms with Crippen molar-refractivity contribution in [3.63, 3.8) is 0 Å². The van der Waals surface area contributed by atoms with Crippen LogP contribution in [0.1, 0.15) is 24.0 Å². The third-order valence-electron chi connectivity index (χ3n) is 5.77. The van der Waals surface area contributed by atoms with Gasteiger partial charge in [0, 0.05) is 10.6 Å². The van der Waals surface area contributed by atoms with Crippen molar-refractivity contribution in [1.29, 1.82) is 10.7 Å². The average molecular weight is 481 g/mol. The van der Waals surface area contributed by atoms with Crippen molar-refractivity contribution >= 4 is 17.5 Å². The number of rotatable bonds is 5. The molecule has 4 aromatic rings. The van der Waals surface area contributed by atoms with Crippen LogP contribution in [0.4, 0.5) is 0 Å². The number of hydrogen-bond donors (Lipinski definition) is 1. The molecule has 0 saturated carbocycles. The molecular formula is C28H21ClN4O2. The van der Waals surface area contributed by atoms with Crippen LogP contribution in [0.3, 0.4) is 0 Å². The molecule has 5 rings (SSSR count). The topological polar surface area (TPSA) is 83.9 Å². The highest BCUT2D eigenvalue weighted by atomic mass is 35.5. The smallest absolute Gasteiger partial charge is 0.251 e. The molecule has 172 valence electrons. The molecule has 2 heterocycles. The van der Waals surface area contributed by atoms with E-state index in [1.54, 1.807) is 23.7 Å². The molecule has 7 heteroatoms. The minimum atomic E-state index is -0.538. The predicted molar refractivity (Wildman–Crippen MR) is 135 cm³/mol. The van der Waals surface area contributed by atoms with E-state index in [2.05, 4.69) is 6.07 Å². The summed E-state index contributed by atoms with van der Waals surface area (Å²) in [5.41, 5.74) is 4.24. The Bertz CT molecular complexity index is 1450. The van der Waals surface area contributed by atoms with Crippen molar-refractivity contribution in [3.8, 4) is 28.9 Å². The van der Waals surface area contributed by atoms with Gasteiger partial charge in [-0.3, -0.25) is 5.41 Å². The van der Waals surface area contributed by atoms with Gasteiger partial charge in [-0.1, -0.05) is 72.3 Å². The van der Waals surface area contributed by atoms with E-state index in [0.717, 1.165) is 22.4 Å². The molecule has 0 radical (unpaired) electrons. The van der Waals surface area contributed by atoms with Crippen LogP contribution < -0.4 is 4.74 Å². The molecule has 0 spiro atoms. The lowest BCUT2D eigenvalue weighted by Gasteiger charge is -2.27. The van der Waals surface area contributed by atoms with E-state index in [9.17, 15) is 5.26 Å². The number of fused-ring (bicyclic) bond motifs is 1. The van der Waals surface area contributed by atoms with Crippen LogP contribution in [0.25, 0.3) is 16.9 Å². The Hall–Kier alpha value is -4.34. The number of para-hydroxylation sites is 1. The van der Waals surface area contributed by atoms with E-state index in [0.29, 0.717) is 16.6 Å². The van der Waals surface area contributed by atoms with Crippen LogP contribution in [0.15, 0.2) is 96.3 Å². The first-order chi connectivity index (χ1) is 17.1. The number of aromatic nitrogens is 2. The molecule has 1 N–H and O–H groups in total. The Labute approximate surface area is 208 Å². The molecule has 0 saturated heterocycles. The Kier molecular flexibility index (Phi) is 6.09. The van der Waals surface area contributed by atoms with Crippen molar-refractivity contribution in [3.05, 3.63) is 112 Å². The summed E-state index contributed by atoms with van der Waals surface area (Å²) in [6.07, 6.45) is 0. The molecular weight excluding hydrogens is 460 g/mol. The monoisotopic (exact) mass is 480 g/mol. The number of halogens is 1. The highest BCUT2D eigenvalue weighted by Crippen LogP contribution is 2.48. The Balaban J connectivity index is 1.84. The summed E-state index contributed by atoms with van der Waals surface area (Å²) in [5, 5.41) is 24.3. The molecule has 1 unspecified atom stereocenters. The zero-order valence-corrected chi connectivity index (χ0v) is 19.7. The van der Waals surface area contributed by atoms with E-state index in [4.69, 9.17) is 31.6 Å². The van der Waals surface area contributed by atoms with Gasteiger partial charge < -0.3 is 9.47 Å². The molecule has 0 fully saturated rings. The van der Waals surface area contributed by atoms with E-state index in [-0.39, 0.29) is 23.8 Å².